The summed E-state index contributed by atoms with van der Waals surface area (Å²) in [6.07, 6.45) is 9.80. The van der Waals surface area contributed by atoms with Crippen molar-refractivity contribution in [2.24, 2.45) is 0 Å². The number of methoxy groups -OCH3 is 1. The molecule has 2 N–H and O–H groups in total. The van der Waals surface area contributed by atoms with Crippen LogP contribution < -0.4 is 20.1 Å². The Labute approximate surface area is 185 Å². The minimum Gasteiger partial charge on any atom is -0.619 e. The maximum absolute atomic E-state index is 12.7. The van der Waals surface area contributed by atoms with Crippen LogP contribution in [0.5, 0.6) is 5.75 Å². The van der Waals surface area contributed by atoms with Gasteiger partial charge in [0.25, 0.3) is 0 Å². The predicted octanol–water partition coefficient (Wildman–Crippen LogP) is 2.59. The Morgan fingerprint density at radius 2 is 1.94 bits per heavy atom. The molecule has 2 amide bonds. The Morgan fingerprint density at radius 3 is 2.59 bits per heavy atom. The lowest BCUT2D eigenvalue weighted by Crippen LogP contribution is -2.51. The van der Waals surface area contributed by atoms with Crippen LogP contribution in [0.4, 0.5) is 5.69 Å². The second-order valence-corrected chi connectivity index (χ2v) is 7.92. The lowest BCUT2D eigenvalue weighted by molar-refractivity contribution is -0.605. The number of oxazole rings is 1. The average molecular weight is 436 g/mol. The predicted molar refractivity (Wildman–Crippen MR) is 116 cm³/mol. The van der Waals surface area contributed by atoms with E-state index in [0.717, 1.165) is 36.0 Å². The fourth-order valence-electron chi connectivity index (χ4n) is 4.16. The first kappa shape index (κ1) is 21.4. The second-order valence-electron chi connectivity index (χ2n) is 7.92. The summed E-state index contributed by atoms with van der Waals surface area (Å²) >= 11 is 0. The number of nitrogens with one attached hydrogen (secondary N) is 2. The van der Waals surface area contributed by atoms with E-state index in [1.807, 2.05) is 0 Å². The highest BCUT2D eigenvalue weighted by atomic mass is 16.5. The van der Waals surface area contributed by atoms with Crippen molar-refractivity contribution in [2.75, 3.05) is 12.4 Å². The highest BCUT2D eigenvalue weighted by Crippen LogP contribution is 2.34. The van der Waals surface area contributed by atoms with Crippen molar-refractivity contribution in [1.82, 2.24) is 10.3 Å². The minimum absolute atomic E-state index is 0.425. The number of nitrogens with zero attached hydrogens (tertiary/aromatic N) is 2. The van der Waals surface area contributed by atoms with Gasteiger partial charge in [-0.3, -0.25) is 9.59 Å². The third kappa shape index (κ3) is 4.72. The van der Waals surface area contributed by atoms with E-state index in [2.05, 4.69) is 15.6 Å². The van der Waals surface area contributed by atoms with E-state index < -0.39 is 17.4 Å². The van der Waals surface area contributed by atoms with Crippen molar-refractivity contribution in [3.63, 3.8) is 0 Å². The zero-order chi connectivity index (χ0) is 22.6. The molecular weight excluding hydrogens is 412 g/mol. The molecule has 1 aromatic carbocycles. The molecule has 1 aliphatic carbocycles. The minimum atomic E-state index is -0.754. The van der Waals surface area contributed by atoms with Crippen LogP contribution in [0.2, 0.25) is 0 Å². The van der Waals surface area contributed by atoms with Crippen molar-refractivity contribution in [1.29, 1.82) is 0 Å². The number of hydrogen-bond acceptors (Lipinski definition) is 6. The Balaban J connectivity index is 1.45. The first-order valence-electron chi connectivity index (χ1n) is 10.4. The molecule has 0 unspecified atom stereocenters. The molecule has 4 rings (SSSR count). The first-order chi connectivity index (χ1) is 15.5. The standard InChI is InChI=1S/C23H24N4O5/c1-31-19-12-17(4-5-18(19)20-14-24-15-32-20)25-21(28)22(29)26-23(8-2-3-9-23)13-16-6-10-27(30)11-7-16/h4-7,10-12,14-15H,2-3,8-9,13H2,1H3,(H,25,28)(H,26,29). The van der Waals surface area contributed by atoms with Crippen LogP contribution in [0, 0.1) is 5.21 Å². The van der Waals surface area contributed by atoms with Gasteiger partial charge in [0.15, 0.2) is 24.5 Å². The van der Waals surface area contributed by atoms with E-state index in [4.69, 9.17) is 9.15 Å². The Hall–Kier alpha value is -3.88. The summed E-state index contributed by atoms with van der Waals surface area (Å²) in [5.74, 6) is -0.438. The van der Waals surface area contributed by atoms with Gasteiger partial charge in [-0.05, 0) is 37.0 Å². The molecule has 0 radical (unpaired) electrons. The molecule has 0 saturated heterocycles. The van der Waals surface area contributed by atoms with Crippen LogP contribution in [-0.2, 0) is 16.0 Å². The van der Waals surface area contributed by atoms with Crippen molar-refractivity contribution < 1.29 is 23.5 Å². The smallest absolute Gasteiger partial charge is 0.313 e. The van der Waals surface area contributed by atoms with Gasteiger partial charge in [-0.25, -0.2) is 4.98 Å². The molecule has 32 heavy (non-hydrogen) atoms. The van der Waals surface area contributed by atoms with Crippen molar-refractivity contribution in [2.45, 2.75) is 37.6 Å². The van der Waals surface area contributed by atoms with Crippen LogP contribution in [0.25, 0.3) is 11.3 Å². The number of carbonyl (C=O) groups is 2. The van der Waals surface area contributed by atoms with Crippen molar-refractivity contribution in [3.8, 4) is 17.1 Å². The number of amides is 2. The molecule has 1 aliphatic rings. The number of benzene rings is 1. The first-order valence-corrected chi connectivity index (χ1v) is 10.4. The molecule has 0 aliphatic heterocycles. The maximum atomic E-state index is 12.7. The molecule has 166 valence electrons. The van der Waals surface area contributed by atoms with Gasteiger partial charge in [-0.1, -0.05) is 12.8 Å². The molecule has 0 atom stereocenters. The third-order valence-corrected chi connectivity index (χ3v) is 5.72. The van der Waals surface area contributed by atoms with Gasteiger partial charge in [-0.15, -0.1) is 0 Å². The molecule has 2 aromatic heterocycles. The van der Waals surface area contributed by atoms with Crippen LogP contribution in [-0.4, -0.2) is 29.4 Å². The van der Waals surface area contributed by atoms with Crippen LogP contribution >= 0.6 is 0 Å². The number of pyridine rings is 1. The fourth-order valence-corrected chi connectivity index (χ4v) is 4.16. The van der Waals surface area contributed by atoms with Gasteiger partial charge in [-0.2, -0.15) is 4.73 Å². The summed E-state index contributed by atoms with van der Waals surface area (Å²) in [7, 11) is 1.51. The molecule has 9 heteroatoms. The topological polar surface area (TPSA) is 120 Å². The summed E-state index contributed by atoms with van der Waals surface area (Å²) < 4.78 is 11.4. The molecule has 0 spiro atoms. The van der Waals surface area contributed by atoms with Gasteiger partial charge < -0.3 is 25.0 Å². The van der Waals surface area contributed by atoms with Gasteiger partial charge in [0.05, 0.1) is 18.9 Å². The number of carbonyl (C=O) groups excluding carboxylic acids is 2. The molecule has 9 nitrogen and oxygen atoms in total. The summed E-state index contributed by atoms with van der Waals surface area (Å²) in [5, 5.41) is 16.9. The summed E-state index contributed by atoms with van der Waals surface area (Å²) in [6.45, 7) is 0. The van der Waals surface area contributed by atoms with E-state index in [1.165, 1.54) is 25.9 Å². The SMILES string of the molecule is COc1cc(NC(=O)C(=O)NC2(Cc3cc[n+]([O-])cc3)CCCC2)ccc1-c1cnco1. The Morgan fingerprint density at radius 1 is 1.19 bits per heavy atom. The zero-order valence-electron chi connectivity index (χ0n) is 17.7. The second kappa shape index (κ2) is 9.09. The van der Waals surface area contributed by atoms with E-state index >= 15 is 0 Å². The van der Waals surface area contributed by atoms with Gasteiger partial charge in [0.1, 0.15) is 5.75 Å². The maximum Gasteiger partial charge on any atom is 0.313 e. The lowest BCUT2D eigenvalue weighted by atomic mass is 9.89. The van der Waals surface area contributed by atoms with E-state index in [9.17, 15) is 14.8 Å². The molecule has 1 fully saturated rings. The largest absolute Gasteiger partial charge is 0.619 e. The molecule has 0 bridgehead atoms. The summed E-state index contributed by atoms with van der Waals surface area (Å²) in [4.78, 5) is 29.2. The fraction of sp³-hybridized carbons (Fsp3) is 0.304. The number of hydrogen-bond donors (Lipinski definition) is 2. The van der Waals surface area contributed by atoms with Gasteiger partial charge in [0, 0.05) is 29.4 Å². The van der Waals surface area contributed by atoms with Crippen LogP contribution in [0.3, 0.4) is 0 Å². The number of anilines is 1. The number of rotatable bonds is 6. The van der Waals surface area contributed by atoms with Gasteiger partial charge >= 0.3 is 11.8 Å². The Bertz CT molecular complexity index is 1090. The third-order valence-electron chi connectivity index (χ3n) is 5.72. The molecule has 3 aromatic rings. The molecule has 1 saturated carbocycles. The molecular formula is C23H24N4O5. The highest BCUT2D eigenvalue weighted by molar-refractivity contribution is 6.39. The van der Waals surface area contributed by atoms with Crippen molar-refractivity contribution >= 4 is 17.5 Å². The van der Waals surface area contributed by atoms with E-state index in [1.54, 1.807) is 36.5 Å². The lowest BCUT2D eigenvalue weighted by Gasteiger charge is -2.30. The van der Waals surface area contributed by atoms with E-state index in [0.29, 0.717) is 29.2 Å². The van der Waals surface area contributed by atoms with E-state index in [-0.39, 0.29) is 0 Å². The average Bonchev–Trinajstić information content (AvgIpc) is 3.48. The van der Waals surface area contributed by atoms with Crippen LogP contribution in [0.1, 0.15) is 31.2 Å². The van der Waals surface area contributed by atoms with Crippen molar-refractivity contribution in [3.05, 3.63) is 66.1 Å². The van der Waals surface area contributed by atoms with Gasteiger partial charge in [0.2, 0.25) is 0 Å². The monoisotopic (exact) mass is 436 g/mol. The van der Waals surface area contributed by atoms with Crippen LogP contribution in [0.15, 0.2) is 59.7 Å². The normalized spacial score (nSPS) is 14.7. The summed E-state index contributed by atoms with van der Waals surface area (Å²) in [6, 6.07) is 8.49. The molecule has 2 heterocycles. The summed E-state index contributed by atoms with van der Waals surface area (Å²) in [5.41, 5.74) is 1.54. The quantitative estimate of drug-likeness (QED) is 0.348. The number of ether oxygens (including phenoxy) is 1. The zero-order valence-corrected chi connectivity index (χ0v) is 17.7. The number of aromatic nitrogens is 2. The Kier molecular flexibility index (Phi) is 6.07. The highest BCUT2D eigenvalue weighted by Gasteiger charge is 2.37.